The van der Waals surface area contributed by atoms with Crippen molar-refractivity contribution in [1.29, 1.82) is 0 Å². The molecule has 0 spiro atoms. The minimum Gasteiger partial charge on any atom is -0.481 e. The first-order chi connectivity index (χ1) is 9.09. The molecule has 1 aromatic heterocycles. The summed E-state index contributed by atoms with van der Waals surface area (Å²) in [4.78, 5) is 23.5. The highest BCUT2D eigenvalue weighted by molar-refractivity contribution is 5.95. The second-order valence-electron chi connectivity index (χ2n) is 5.77. The average Bonchev–Trinajstić information content (AvgIpc) is 2.55. The summed E-state index contributed by atoms with van der Waals surface area (Å²) in [6.45, 7) is 8.88. The van der Waals surface area contributed by atoms with E-state index in [1.807, 2.05) is 20.8 Å². The van der Waals surface area contributed by atoms with Crippen molar-refractivity contribution in [3.8, 4) is 0 Å². The molecule has 112 valence electrons. The van der Waals surface area contributed by atoms with Crippen molar-refractivity contribution >= 4 is 17.6 Å². The van der Waals surface area contributed by atoms with Crippen LogP contribution in [-0.2, 0) is 16.6 Å². The summed E-state index contributed by atoms with van der Waals surface area (Å²) >= 11 is 0. The minimum absolute atomic E-state index is 0.0617. The van der Waals surface area contributed by atoms with E-state index in [1.54, 1.807) is 25.6 Å². The number of nitrogens with zero attached hydrogens (tertiary/aromatic N) is 2. The van der Waals surface area contributed by atoms with Crippen LogP contribution in [0.25, 0.3) is 0 Å². The van der Waals surface area contributed by atoms with Crippen molar-refractivity contribution in [1.82, 2.24) is 9.78 Å². The topological polar surface area (TPSA) is 84.2 Å². The van der Waals surface area contributed by atoms with Crippen LogP contribution in [0.4, 0.5) is 5.69 Å². The highest BCUT2D eigenvalue weighted by Crippen LogP contribution is 2.32. The third kappa shape index (κ3) is 3.00. The molecule has 0 aliphatic rings. The number of carbonyl (C=O) groups excluding carboxylic acids is 1. The number of rotatable bonds is 5. The van der Waals surface area contributed by atoms with E-state index in [4.69, 9.17) is 0 Å². The molecule has 6 nitrogen and oxygen atoms in total. The number of anilines is 1. The Morgan fingerprint density at radius 3 is 2.30 bits per heavy atom. The Hall–Kier alpha value is -1.85. The first-order valence-electron chi connectivity index (χ1n) is 6.63. The second-order valence-corrected chi connectivity index (χ2v) is 5.77. The van der Waals surface area contributed by atoms with E-state index in [9.17, 15) is 14.7 Å². The molecular formula is C14H23N3O3. The van der Waals surface area contributed by atoms with Gasteiger partial charge in [-0.25, -0.2) is 0 Å². The van der Waals surface area contributed by atoms with E-state index in [0.717, 1.165) is 11.4 Å². The fourth-order valence-electron chi connectivity index (χ4n) is 2.00. The largest absolute Gasteiger partial charge is 0.481 e. The summed E-state index contributed by atoms with van der Waals surface area (Å²) in [5.74, 6) is -1.40. The number of aromatic nitrogens is 2. The number of aliphatic carboxylic acids is 1. The van der Waals surface area contributed by atoms with Gasteiger partial charge in [0.05, 0.1) is 22.5 Å². The van der Waals surface area contributed by atoms with Crippen LogP contribution in [0.5, 0.6) is 0 Å². The van der Waals surface area contributed by atoms with Crippen molar-refractivity contribution in [2.24, 2.45) is 18.4 Å². The third-order valence-corrected chi connectivity index (χ3v) is 4.06. The SMILES string of the molecule is Cc1nn(C)c(C)c1NC(=O)CC(C)(C(=O)O)C(C)C. The molecule has 2 N–H and O–H groups in total. The lowest BCUT2D eigenvalue weighted by Gasteiger charge is -2.28. The van der Waals surface area contributed by atoms with Crippen LogP contribution in [0.1, 0.15) is 38.6 Å². The van der Waals surface area contributed by atoms with Crippen LogP contribution in [-0.4, -0.2) is 26.8 Å². The van der Waals surface area contributed by atoms with Crippen molar-refractivity contribution < 1.29 is 14.7 Å². The molecule has 1 amide bonds. The summed E-state index contributed by atoms with van der Waals surface area (Å²) in [5, 5.41) is 16.3. The predicted octanol–water partition coefficient (Wildman–Crippen LogP) is 2.11. The maximum Gasteiger partial charge on any atom is 0.310 e. The fraction of sp³-hybridized carbons (Fsp3) is 0.643. The highest BCUT2D eigenvalue weighted by atomic mass is 16.4. The van der Waals surface area contributed by atoms with E-state index in [2.05, 4.69) is 10.4 Å². The van der Waals surface area contributed by atoms with Gasteiger partial charge in [0, 0.05) is 13.5 Å². The van der Waals surface area contributed by atoms with E-state index in [-0.39, 0.29) is 18.2 Å². The lowest BCUT2D eigenvalue weighted by Crippen LogP contribution is -2.37. The normalized spacial score (nSPS) is 14.2. The maximum absolute atomic E-state index is 12.1. The summed E-state index contributed by atoms with van der Waals surface area (Å²) in [6, 6.07) is 0. The smallest absolute Gasteiger partial charge is 0.310 e. The number of hydrogen-bond acceptors (Lipinski definition) is 3. The van der Waals surface area contributed by atoms with Gasteiger partial charge in [0.15, 0.2) is 0 Å². The Bertz CT molecular complexity index is 534. The van der Waals surface area contributed by atoms with Gasteiger partial charge in [0.2, 0.25) is 5.91 Å². The zero-order valence-corrected chi connectivity index (χ0v) is 12.9. The minimum atomic E-state index is -1.08. The lowest BCUT2D eigenvalue weighted by atomic mass is 9.76. The molecule has 1 aromatic rings. The number of aryl methyl sites for hydroxylation is 2. The lowest BCUT2D eigenvalue weighted by molar-refractivity contribution is -0.153. The Kier molecular flexibility index (Phi) is 4.57. The molecule has 1 heterocycles. The molecule has 0 saturated carbocycles. The molecule has 0 radical (unpaired) electrons. The second kappa shape index (κ2) is 5.64. The van der Waals surface area contributed by atoms with Gasteiger partial charge < -0.3 is 10.4 Å². The molecule has 6 heteroatoms. The number of carbonyl (C=O) groups is 2. The molecule has 0 aliphatic heterocycles. The summed E-state index contributed by atoms with van der Waals surface area (Å²) in [6.07, 6.45) is -0.0617. The van der Waals surface area contributed by atoms with Gasteiger partial charge in [0.25, 0.3) is 0 Å². The van der Waals surface area contributed by atoms with Crippen molar-refractivity contribution in [2.45, 2.75) is 41.0 Å². The Morgan fingerprint density at radius 1 is 1.40 bits per heavy atom. The fourth-order valence-corrected chi connectivity index (χ4v) is 2.00. The van der Waals surface area contributed by atoms with E-state index in [0.29, 0.717) is 5.69 Å². The first-order valence-corrected chi connectivity index (χ1v) is 6.63. The Balaban J connectivity index is 2.90. The van der Waals surface area contributed by atoms with Gasteiger partial charge in [-0.15, -0.1) is 0 Å². The molecule has 0 aliphatic carbocycles. The Labute approximate surface area is 119 Å². The summed E-state index contributed by atoms with van der Waals surface area (Å²) in [5.41, 5.74) is 1.15. The maximum atomic E-state index is 12.1. The zero-order chi connectivity index (χ0) is 15.7. The first kappa shape index (κ1) is 16.2. The van der Waals surface area contributed by atoms with Crippen LogP contribution in [0.2, 0.25) is 0 Å². The average molecular weight is 281 g/mol. The van der Waals surface area contributed by atoms with Crippen molar-refractivity contribution in [3.05, 3.63) is 11.4 Å². The van der Waals surface area contributed by atoms with Gasteiger partial charge in [-0.2, -0.15) is 5.10 Å². The van der Waals surface area contributed by atoms with Crippen LogP contribution in [0.3, 0.4) is 0 Å². The van der Waals surface area contributed by atoms with Crippen LogP contribution in [0, 0.1) is 25.2 Å². The Morgan fingerprint density at radius 2 is 1.95 bits per heavy atom. The number of amides is 1. The summed E-state index contributed by atoms with van der Waals surface area (Å²) in [7, 11) is 1.80. The zero-order valence-electron chi connectivity index (χ0n) is 12.9. The van der Waals surface area contributed by atoms with Gasteiger partial charge >= 0.3 is 5.97 Å². The molecule has 0 fully saturated rings. The van der Waals surface area contributed by atoms with E-state index in [1.165, 1.54) is 0 Å². The summed E-state index contributed by atoms with van der Waals surface area (Å²) < 4.78 is 1.68. The monoisotopic (exact) mass is 281 g/mol. The quantitative estimate of drug-likeness (QED) is 0.865. The molecule has 20 heavy (non-hydrogen) atoms. The standard InChI is InChI=1S/C14H23N3O3/c1-8(2)14(5,13(19)20)7-11(18)15-12-9(3)16-17(6)10(12)4/h8H,7H2,1-6H3,(H,15,18)(H,19,20). The molecule has 1 unspecified atom stereocenters. The molecular weight excluding hydrogens is 258 g/mol. The molecule has 0 aromatic carbocycles. The van der Waals surface area contributed by atoms with Crippen LogP contribution < -0.4 is 5.32 Å². The highest BCUT2D eigenvalue weighted by Gasteiger charge is 2.39. The third-order valence-electron chi connectivity index (χ3n) is 4.06. The van der Waals surface area contributed by atoms with Crippen molar-refractivity contribution in [3.63, 3.8) is 0 Å². The van der Waals surface area contributed by atoms with Crippen LogP contribution >= 0.6 is 0 Å². The molecule has 0 bridgehead atoms. The predicted molar refractivity (Wildman–Crippen MR) is 76.5 cm³/mol. The van der Waals surface area contributed by atoms with E-state index >= 15 is 0 Å². The van der Waals surface area contributed by atoms with Crippen molar-refractivity contribution in [2.75, 3.05) is 5.32 Å². The van der Waals surface area contributed by atoms with Crippen LogP contribution in [0.15, 0.2) is 0 Å². The van der Waals surface area contributed by atoms with Gasteiger partial charge in [-0.05, 0) is 26.7 Å². The molecule has 1 rings (SSSR count). The number of nitrogens with one attached hydrogen (secondary N) is 1. The molecule has 0 saturated heterocycles. The van der Waals surface area contributed by atoms with E-state index < -0.39 is 11.4 Å². The molecule has 1 atom stereocenters. The number of carboxylic acid groups (broad SMARTS) is 1. The van der Waals surface area contributed by atoms with Gasteiger partial charge in [0.1, 0.15) is 0 Å². The number of carboxylic acids is 1. The van der Waals surface area contributed by atoms with Gasteiger partial charge in [-0.3, -0.25) is 14.3 Å². The van der Waals surface area contributed by atoms with Gasteiger partial charge in [-0.1, -0.05) is 13.8 Å². The number of hydrogen-bond donors (Lipinski definition) is 2.